The van der Waals surface area contributed by atoms with Gasteiger partial charge in [0, 0.05) is 11.9 Å². The fraction of sp³-hybridized carbons (Fsp3) is 1.00. The molecule has 2 atom stereocenters. The zero-order valence-electron chi connectivity index (χ0n) is 9.49. The Labute approximate surface area is 103 Å². The van der Waals surface area contributed by atoms with Gasteiger partial charge in [0.2, 0.25) is 10.0 Å². The molecule has 2 fully saturated rings. The molecule has 0 amide bonds. The molecular formula is C11H20ClNO2S. The van der Waals surface area contributed by atoms with Gasteiger partial charge in [-0.15, -0.1) is 11.6 Å². The predicted octanol–water partition coefficient (Wildman–Crippen LogP) is 2.26. The van der Waals surface area contributed by atoms with Crippen LogP contribution in [0.3, 0.4) is 0 Å². The topological polar surface area (TPSA) is 46.2 Å². The van der Waals surface area contributed by atoms with E-state index in [1.807, 2.05) is 0 Å². The maximum absolute atomic E-state index is 11.9. The number of hydrogen-bond acceptors (Lipinski definition) is 2. The fourth-order valence-corrected chi connectivity index (χ4v) is 4.77. The van der Waals surface area contributed by atoms with E-state index in [9.17, 15) is 8.42 Å². The maximum atomic E-state index is 11.9. The first kappa shape index (κ1) is 12.7. The van der Waals surface area contributed by atoms with Crippen molar-refractivity contribution >= 4 is 21.6 Å². The van der Waals surface area contributed by atoms with Crippen molar-refractivity contribution in [3.05, 3.63) is 0 Å². The Morgan fingerprint density at radius 1 is 1.06 bits per heavy atom. The zero-order valence-corrected chi connectivity index (χ0v) is 11.1. The summed E-state index contributed by atoms with van der Waals surface area (Å²) >= 11 is 6.13. The van der Waals surface area contributed by atoms with Crippen molar-refractivity contribution in [3.8, 4) is 0 Å². The Morgan fingerprint density at radius 3 is 2.31 bits per heavy atom. The van der Waals surface area contributed by atoms with Gasteiger partial charge in [0.05, 0.1) is 5.25 Å². The first-order valence-electron chi connectivity index (χ1n) is 6.22. The van der Waals surface area contributed by atoms with Gasteiger partial charge in [-0.1, -0.05) is 19.3 Å². The lowest BCUT2D eigenvalue weighted by Gasteiger charge is -2.17. The van der Waals surface area contributed by atoms with E-state index in [0.29, 0.717) is 12.5 Å². The number of halogens is 1. The maximum Gasteiger partial charge on any atom is 0.214 e. The van der Waals surface area contributed by atoms with Crippen molar-refractivity contribution in [2.75, 3.05) is 6.54 Å². The summed E-state index contributed by atoms with van der Waals surface area (Å²) in [5, 5.41) is 0.00829. The first-order valence-corrected chi connectivity index (χ1v) is 8.20. The minimum Gasteiger partial charge on any atom is -0.215 e. The van der Waals surface area contributed by atoms with Crippen LogP contribution in [0.5, 0.6) is 0 Å². The van der Waals surface area contributed by atoms with Crippen LogP contribution in [0, 0.1) is 5.92 Å². The van der Waals surface area contributed by atoms with Gasteiger partial charge in [-0.05, 0) is 31.6 Å². The highest BCUT2D eigenvalue weighted by atomic mass is 35.5. The van der Waals surface area contributed by atoms with E-state index in [1.54, 1.807) is 0 Å². The fourth-order valence-electron chi connectivity index (χ4n) is 2.76. The molecule has 3 nitrogen and oxygen atoms in total. The third-order valence-corrected chi connectivity index (χ3v) is 6.35. The average Bonchev–Trinajstić information content (AvgIpc) is 2.85. The molecule has 0 aromatic rings. The number of nitrogens with one attached hydrogen (secondary N) is 1. The van der Waals surface area contributed by atoms with Crippen LogP contribution in [0.15, 0.2) is 0 Å². The van der Waals surface area contributed by atoms with E-state index < -0.39 is 10.0 Å². The summed E-state index contributed by atoms with van der Waals surface area (Å²) in [6.45, 7) is 0.535. The lowest BCUT2D eigenvalue weighted by Crippen LogP contribution is -2.36. The molecule has 0 bridgehead atoms. The second-order valence-electron chi connectivity index (χ2n) is 5.01. The van der Waals surface area contributed by atoms with Gasteiger partial charge >= 0.3 is 0 Å². The summed E-state index contributed by atoms with van der Waals surface area (Å²) in [7, 11) is -3.08. The lowest BCUT2D eigenvalue weighted by atomic mass is 10.1. The third kappa shape index (κ3) is 2.90. The molecule has 94 valence electrons. The molecule has 2 rings (SSSR count). The molecule has 16 heavy (non-hydrogen) atoms. The monoisotopic (exact) mass is 265 g/mol. The summed E-state index contributed by atoms with van der Waals surface area (Å²) in [6.07, 6.45) is 6.96. The van der Waals surface area contributed by atoms with Crippen molar-refractivity contribution in [2.24, 2.45) is 5.92 Å². The highest BCUT2D eigenvalue weighted by Crippen LogP contribution is 2.30. The van der Waals surface area contributed by atoms with Crippen molar-refractivity contribution < 1.29 is 8.42 Å². The summed E-state index contributed by atoms with van der Waals surface area (Å²) in [5.41, 5.74) is 0. The van der Waals surface area contributed by atoms with Gasteiger partial charge in [-0.2, -0.15) is 0 Å². The Kier molecular flexibility index (Phi) is 4.14. The van der Waals surface area contributed by atoms with Crippen LogP contribution >= 0.6 is 11.6 Å². The van der Waals surface area contributed by atoms with Crippen molar-refractivity contribution in [2.45, 2.75) is 55.6 Å². The Bertz CT molecular complexity index is 325. The zero-order chi connectivity index (χ0) is 11.6. The number of rotatable bonds is 4. The van der Waals surface area contributed by atoms with Gasteiger partial charge in [0.15, 0.2) is 0 Å². The van der Waals surface area contributed by atoms with Crippen molar-refractivity contribution in [3.63, 3.8) is 0 Å². The van der Waals surface area contributed by atoms with Crippen molar-refractivity contribution in [1.29, 1.82) is 0 Å². The average molecular weight is 266 g/mol. The van der Waals surface area contributed by atoms with Gasteiger partial charge in [-0.25, -0.2) is 13.1 Å². The van der Waals surface area contributed by atoms with E-state index in [2.05, 4.69) is 4.72 Å². The molecule has 5 heteroatoms. The molecule has 0 radical (unpaired) electrons. The summed E-state index contributed by atoms with van der Waals surface area (Å²) in [4.78, 5) is 0. The largest absolute Gasteiger partial charge is 0.215 e. The number of alkyl halides is 1. The molecule has 0 spiro atoms. The number of sulfonamides is 1. The minimum absolute atomic E-state index is 0.150. The molecule has 0 aliphatic heterocycles. The van der Waals surface area contributed by atoms with E-state index >= 15 is 0 Å². The highest BCUT2D eigenvalue weighted by Gasteiger charge is 2.31. The normalized spacial score (nSPS) is 32.3. The molecular weight excluding hydrogens is 246 g/mol. The summed E-state index contributed by atoms with van der Waals surface area (Å²) in [6, 6.07) is 0. The Morgan fingerprint density at radius 2 is 1.75 bits per heavy atom. The van der Waals surface area contributed by atoms with Gasteiger partial charge in [-0.3, -0.25) is 0 Å². The van der Waals surface area contributed by atoms with Crippen LogP contribution in [-0.2, 0) is 10.0 Å². The third-order valence-electron chi connectivity index (χ3n) is 3.85. The summed E-state index contributed by atoms with van der Waals surface area (Å²) in [5.74, 6) is 0.331. The molecule has 0 heterocycles. The van der Waals surface area contributed by atoms with Gasteiger partial charge in [0.1, 0.15) is 0 Å². The van der Waals surface area contributed by atoms with Gasteiger partial charge in [0.25, 0.3) is 0 Å². The van der Waals surface area contributed by atoms with Crippen LogP contribution in [0.4, 0.5) is 0 Å². The summed E-state index contributed by atoms with van der Waals surface area (Å²) < 4.78 is 26.6. The van der Waals surface area contributed by atoms with E-state index in [4.69, 9.17) is 11.6 Å². The molecule has 0 aromatic carbocycles. The first-order chi connectivity index (χ1) is 7.59. The van der Waals surface area contributed by atoms with Crippen LogP contribution < -0.4 is 4.72 Å². The van der Waals surface area contributed by atoms with E-state index in [-0.39, 0.29) is 10.6 Å². The minimum atomic E-state index is -3.08. The molecule has 2 aliphatic carbocycles. The number of hydrogen-bond donors (Lipinski definition) is 1. The SMILES string of the molecule is O=S(=O)(NCC1CCCC1Cl)C1CCCC1. The predicted molar refractivity (Wildman–Crippen MR) is 66.2 cm³/mol. The van der Waals surface area contributed by atoms with E-state index in [1.165, 1.54) is 0 Å². The molecule has 1 N–H and O–H groups in total. The van der Waals surface area contributed by atoms with Crippen LogP contribution in [-0.4, -0.2) is 25.6 Å². The van der Waals surface area contributed by atoms with Crippen LogP contribution in [0.1, 0.15) is 44.9 Å². The van der Waals surface area contributed by atoms with Crippen LogP contribution in [0.2, 0.25) is 0 Å². The molecule has 2 saturated carbocycles. The molecule has 2 aliphatic rings. The lowest BCUT2D eigenvalue weighted by molar-refractivity contribution is 0.516. The van der Waals surface area contributed by atoms with Crippen molar-refractivity contribution in [1.82, 2.24) is 4.72 Å². The quantitative estimate of drug-likeness (QED) is 0.793. The second kappa shape index (κ2) is 5.23. The second-order valence-corrected chi connectivity index (χ2v) is 7.61. The Hall–Kier alpha value is 0.200. The molecule has 0 saturated heterocycles. The standard InChI is InChI=1S/C11H20ClNO2S/c12-11-7-3-4-9(11)8-13-16(14,15)10-5-1-2-6-10/h9-11,13H,1-8H2. The highest BCUT2D eigenvalue weighted by molar-refractivity contribution is 7.90. The van der Waals surface area contributed by atoms with E-state index in [0.717, 1.165) is 44.9 Å². The smallest absolute Gasteiger partial charge is 0.214 e. The molecule has 0 aromatic heterocycles. The Balaban J connectivity index is 1.84. The molecule has 2 unspecified atom stereocenters. The van der Waals surface area contributed by atoms with Crippen LogP contribution in [0.25, 0.3) is 0 Å². The van der Waals surface area contributed by atoms with Gasteiger partial charge < -0.3 is 0 Å².